The van der Waals surface area contributed by atoms with E-state index >= 15 is 0 Å². The van der Waals surface area contributed by atoms with Gasteiger partial charge in [-0.15, -0.1) is 0 Å². The topological polar surface area (TPSA) is 62.1 Å². The first-order chi connectivity index (χ1) is 15.3. The molecule has 3 aromatic rings. The van der Waals surface area contributed by atoms with Crippen LogP contribution in [0.4, 0.5) is 5.69 Å². The normalized spacial score (nSPS) is 11.1. The SMILES string of the molecule is Cc1cccc(COc2c(Br)cc(/C=C(/C#N)C(=O)Nc3cccc(Cl)c3Cl)cc2I)c1. The molecule has 1 N–H and O–H groups in total. The first-order valence-electron chi connectivity index (χ1n) is 9.33. The molecule has 0 fully saturated rings. The fourth-order valence-electron chi connectivity index (χ4n) is 2.86. The monoisotopic (exact) mass is 640 g/mol. The van der Waals surface area contributed by atoms with E-state index in [-0.39, 0.29) is 10.6 Å². The van der Waals surface area contributed by atoms with Gasteiger partial charge in [-0.05, 0) is 86.9 Å². The Kier molecular flexibility index (Phi) is 8.60. The van der Waals surface area contributed by atoms with E-state index in [1.54, 1.807) is 24.3 Å². The van der Waals surface area contributed by atoms with Crippen molar-refractivity contribution in [3.8, 4) is 11.8 Å². The van der Waals surface area contributed by atoms with Crippen molar-refractivity contribution in [2.75, 3.05) is 5.32 Å². The molecule has 0 saturated carbocycles. The number of nitriles is 1. The van der Waals surface area contributed by atoms with Crippen molar-refractivity contribution >= 4 is 79.4 Å². The molecule has 3 aromatic carbocycles. The van der Waals surface area contributed by atoms with Crippen molar-refractivity contribution in [1.29, 1.82) is 5.26 Å². The Balaban J connectivity index is 1.79. The summed E-state index contributed by atoms with van der Waals surface area (Å²) < 4.78 is 7.56. The summed E-state index contributed by atoms with van der Waals surface area (Å²) in [7, 11) is 0. The summed E-state index contributed by atoms with van der Waals surface area (Å²) in [4.78, 5) is 12.6. The predicted octanol–water partition coefficient (Wildman–Crippen LogP) is 7.79. The maximum Gasteiger partial charge on any atom is 0.266 e. The van der Waals surface area contributed by atoms with E-state index in [4.69, 9.17) is 27.9 Å². The average Bonchev–Trinajstić information content (AvgIpc) is 2.74. The van der Waals surface area contributed by atoms with Gasteiger partial charge in [-0.2, -0.15) is 5.26 Å². The summed E-state index contributed by atoms with van der Waals surface area (Å²) in [5.41, 5.74) is 3.17. The molecule has 0 aliphatic rings. The quantitative estimate of drug-likeness (QED) is 0.170. The fourth-order valence-corrected chi connectivity index (χ4v) is 4.98. The molecule has 0 radical (unpaired) electrons. The fraction of sp³-hybridized carbons (Fsp3) is 0.0833. The number of hydrogen-bond acceptors (Lipinski definition) is 3. The Morgan fingerprint density at radius 1 is 1.22 bits per heavy atom. The lowest BCUT2D eigenvalue weighted by Crippen LogP contribution is -2.13. The molecule has 162 valence electrons. The van der Waals surface area contributed by atoms with Gasteiger partial charge in [0.15, 0.2) is 0 Å². The summed E-state index contributed by atoms with van der Waals surface area (Å²) in [6, 6.07) is 18.6. The third-order valence-corrected chi connectivity index (χ3v) is 6.57. The second-order valence-electron chi connectivity index (χ2n) is 6.82. The molecule has 0 atom stereocenters. The summed E-state index contributed by atoms with van der Waals surface area (Å²) in [5.74, 6) is 0.112. The van der Waals surface area contributed by atoms with E-state index in [1.807, 2.05) is 37.3 Å². The first-order valence-corrected chi connectivity index (χ1v) is 12.0. The largest absolute Gasteiger partial charge is 0.487 e. The van der Waals surface area contributed by atoms with E-state index in [1.165, 1.54) is 11.6 Å². The Hall–Kier alpha value is -2.05. The number of amides is 1. The van der Waals surface area contributed by atoms with Gasteiger partial charge in [0, 0.05) is 0 Å². The summed E-state index contributed by atoms with van der Waals surface area (Å²) in [6.45, 7) is 2.46. The second kappa shape index (κ2) is 11.2. The average molecular weight is 642 g/mol. The number of nitrogens with one attached hydrogen (secondary N) is 1. The van der Waals surface area contributed by atoms with Gasteiger partial charge in [0.2, 0.25) is 0 Å². The van der Waals surface area contributed by atoms with Crippen LogP contribution in [0.3, 0.4) is 0 Å². The highest BCUT2D eigenvalue weighted by Gasteiger charge is 2.14. The molecular weight excluding hydrogens is 626 g/mol. The van der Waals surface area contributed by atoms with Gasteiger partial charge >= 0.3 is 0 Å². The van der Waals surface area contributed by atoms with E-state index in [2.05, 4.69) is 49.9 Å². The lowest BCUT2D eigenvalue weighted by Gasteiger charge is -2.12. The van der Waals surface area contributed by atoms with Crippen molar-refractivity contribution in [3.63, 3.8) is 0 Å². The van der Waals surface area contributed by atoms with Crippen molar-refractivity contribution in [2.24, 2.45) is 0 Å². The maximum atomic E-state index is 12.6. The van der Waals surface area contributed by atoms with Gasteiger partial charge in [0.1, 0.15) is 24.0 Å². The number of ether oxygens (including phenoxy) is 1. The van der Waals surface area contributed by atoms with Gasteiger partial charge in [-0.25, -0.2) is 0 Å². The van der Waals surface area contributed by atoms with Gasteiger partial charge in [0.05, 0.1) is 23.8 Å². The molecule has 1 amide bonds. The highest BCUT2D eigenvalue weighted by Crippen LogP contribution is 2.34. The third kappa shape index (κ3) is 6.26. The number of anilines is 1. The van der Waals surface area contributed by atoms with Gasteiger partial charge < -0.3 is 10.1 Å². The van der Waals surface area contributed by atoms with Crippen LogP contribution in [0.15, 0.2) is 64.6 Å². The number of hydrogen-bond donors (Lipinski definition) is 1. The van der Waals surface area contributed by atoms with E-state index in [9.17, 15) is 10.1 Å². The van der Waals surface area contributed by atoms with E-state index in [0.717, 1.165) is 13.6 Å². The second-order valence-corrected chi connectivity index (χ2v) is 9.62. The smallest absolute Gasteiger partial charge is 0.266 e. The minimum atomic E-state index is -0.581. The molecule has 0 spiro atoms. The molecule has 0 aliphatic carbocycles. The van der Waals surface area contributed by atoms with Crippen LogP contribution in [-0.4, -0.2) is 5.91 Å². The molecule has 0 aliphatic heterocycles. The Labute approximate surface area is 218 Å². The zero-order valence-electron chi connectivity index (χ0n) is 16.8. The number of halogens is 4. The third-order valence-electron chi connectivity index (χ3n) is 4.36. The van der Waals surface area contributed by atoms with Crippen LogP contribution in [-0.2, 0) is 11.4 Å². The number of nitrogens with zero attached hydrogens (tertiary/aromatic N) is 1. The molecular formula is C24H16BrCl2IN2O2. The van der Waals surface area contributed by atoms with Crippen LogP contribution >= 0.6 is 61.7 Å². The van der Waals surface area contributed by atoms with E-state index < -0.39 is 5.91 Å². The summed E-state index contributed by atoms with van der Waals surface area (Å²) in [5, 5.41) is 12.7. The predicted molar refractivity (Wildman–Crippen MR) is 141 cm³/mol. The van der Waals surface area contributed by atoms with Crippen molar-refractivity contribution in [3.05, 3.63) is 94.9 Å². The first kappa shape index (κ1) is 24.6. The minimum Gasteiger partial charge on any atom is -0.487 e. The van der Waals surface area contributed by atoms with Gasteiger partial charge in [0.25, 0.3) is 5.91 Å². The van der Waals surface area contributed by atoms with Gasteiger partial charge in [-0.1, -0.05) is 59.1 Å². The minimum absolute atomic E-state index is 0.0721. The summed E-state index contributed by atoms with van der Waals surface area (Å²) in [6.07, 6.45) is 1.51. The molecule has 0 saturated heterocycles. The Bertz CT molecular complexity index is 1230. The lowest BCUT2D eigenvalue weighted by molar-refractivity contribution is -0.112. The molecule has 0 unspecified atom stereocenters. The molecule has 0 aromatic heterocycles. The number of aryl methyl sites for hydroxylation is 1. The zero-order valence-corrected chi connectivity index (χ0v) is 22.0. The molecule has 0 bridgehead atoms. The van der Waals surface area contributed by atoms with Crippen LogP contribution in [0, 0.1) is 21.8 Å². The Morgan fingerprint density at radius 2 is 1.97 bits per heavy atom. The summed E-state index contributed by atoms with van der Waals surface area (Å²) >= 11 is 17.8. The Morgan fingerprint density at radius 3 is 2.66 bits per heavy atom. The van der Waals surface area contributed by atoms with Crippen molar-refractivity contribution < 1.29 is 9.53 Å². The lowest BCUT2D eigenvalue weighted by atomic mass is 10.1. The molecule has 32 heavy (non-hydrogen) atoms. The van der Waals surface area contributed by atoms with Crippen molar-refractivity contribution in [2.45, 2.75) is 13.5 Å². The zero-order chi connectivity index (χ0) is 23.3. The van der Waals surface area contributed by atoms with Gasteiger partial charge in [-0.3, -0.25) is 4.79 Å². The highest BCUT2D eigenvalue weighted by atomic mass is 127. The molecule has 0 heterocycles. The molecule has 3 rings (SSSR count). The van der Waals surface area contributed by atoms with Crippen LogP contribution in [0.5, 0.6) is 5.75 Å². The van der Waals surface area contributed by atoms with Crippen LogP contribution in [0.25, 0.3) is 6.08 Å². The molecule has 8 heteroatoms. The van der Waals surface area contributed by atoms with Crippen LogP contribution < -0.4 is 10.1 Å². The standard InChI is InChI=1S/C24H16BrCl2IN2O2/c1-14-4-2-5-15(8-14)13-32-23-18(25)10-16(11-20(23)28)9-17(12-29)24(31)30-21-7-3-6-19(26)22(21)27/h2-11H,13H2,1H3,(H,30,31)/b17-9-. The van der Waals surface area contributed by atoms with Crippen molar-refractivity contribution in [1.82, 2.24) is 0 Å². The van der Waals surface area contributed by atoms with Crippen LogP contribution in [0.2, 0.25) is 10.0 Å². The number of rotatable bonds is 6. The van der Waals surface area contributed by atoms with E-state index in [0.29, 0.717) is 28.6 Å². The highest BCUT2D eigenvalue weighted by molar-refractivity contribution is 14.1. The number of carbonyl (C=O) groups is 1. The maximum absolute atomic E-state index is 12.6. The number of benzene rings is 3. The van der Waals surface area contributed by atoms with Crippen LogP contribution in [0.1, 0.15) is 16.7 Å². The number of carbonyl (C=O) groups excluding carboxylic acids is 1. The molecule has 4 nitrogen and oxygen atoms in total.